The van der Waals surface area contributed by atoms with Crippen molar-refractivity contribution in [3.05, 3.63) is 48.0 Å². The molecule has 6 heteroatoms. The Balaban J connectivity index is 1.71. The first-order valence-corrected chi connectivity index (χ1v) is 11.8. The highest BCUT2D eigenvalue weighted by atomic mass is 32.2. The summed E-state index contributed by atoms with van der Waals surface area (Å²) in [6.45, 7) is 3.72. The van der Waals surface area contributed by atoms with E-state index >= 15 is 0 Å². The van der Waals surface area contributed by atoms with Gasteiger partial charge in [0.15, 0.2) is 9.84 Å². The van der Waals surface area contributed by atoms with Crippen molar-refractivity contribution in [1.29, 1.82) is 0 Å². The Morgan fingerprint density at radius 2 is 1.68 bits per heavy atom. The Kier molecular flexibility index (Phi) is 5.15. The van der Waals surface area contributed by atoms with Crippen LogP contribution in [0.2, 0.25) is 0 Å². The van der Waals surface area contributed by atoms with E-state index in [4.69, 9.17) is 0 Å². The number of hydrogen-bond acceptors (Lipinski definition) is 3. The predicted molar refractivity (Wildman–Crippen MR) is 114 cm³/mol. The number of aryl methyl sites for hydroxylation is 1. The third-order valence-corrected chi connectivity index (χ3v) is 7.25. The molecule has 1 amide bonds. The fourth-order valence-corrected chi connectivity index (χ4v) is 5.25. The number of carbonyl (C=O) groups excluding carboxylic acids is 1. The van der Waals surface area contributed by atoms with Crippen molar-refractivity contribution in [2.24, 2.45) is 0 Å². The summed E-state index contributed by atoms with van der Waals surface area (Å²) in [6, 6.07) is 14.2. The lowest BCUT2D eigenvalue weighted by Crippen LogP contribution is -2.43. The van der Waals surface area contributed by atoms with Crippen LogP contribution in [-0.2, 0) is 16.4 Å². The second-order valence-electron chi connectivity index (χ2n) is 7.55. The first-order chi connectivity index (χ1) is 13.5. The van der Waals surface area contributed by atoms with Crippen molar-refractivity contribution < 1.29 is 13.2 Å². The molecule has 148 valence electrons. The lowest BCUT2D eigenvalue weighted by Gasteiger charge is -2.26. The van der Waals surface area contributed by atoms with E-state index in [0.717, 1.165) is 29.3 Å². The molecule has 0 radical (unpaired) electrons. The van der Waals surface area contributed by atoms with Crippen LogP contribution in [0.4, 0.5) is 0 Å². The smallest absolute Gasteiger partial charge is 0.253 e. The second-order valence-corrected chi connectivity index (χ2v) is 9.86. The average Bonchev–Trinajstić information content (AvgIpc) is 3.01. The Morgan fingerprint density at radius 3 is 2.43 bits per heavy atom. The fraction of sp³-hybridized carbons (Fsp3) is 0.409. The SMILES string of the molecule is CCCCCn1c2ccccc2c2cc(C(=O)N3CCS(=O)(=O)CC3)ccc21. The molecule has 4 rings (SSSR count). The van der Waals surface area contributed by atoms with Crippen molar-refractivity contribution in [1.82, 2.24) is 9.47 Å². The molecule has 1 fully saturated rings. The lowest BCUT2D eigenvalue weighted by atomic mass is 10.1. The highest BCUT2D eigenvalue weighted by Gasteiger charge is 2.26. The topological polar surface area (TPSA) is 59.4 Å². The van der Waals surface area contributed by atoms with E-state index in [-0.39, 0.29) is 30.5 Å². The largest absolute Gasteiger partial charge is 0.340 e. The number of nitrogens with zero attached hydrogens (tertiary/aromatic N) is 2. The summed E-state index contributed by atoms with van der Waals surface area (Å²) < 4.78 is 25.6. The van der Waals surface area contributed by atoms with Crippen LogP contribution in [0.1, 0.15) is 36.5 Å². The van der Waals surface area contributed by atoms with Crippen LogP contribution in [0.3, 0.4) is 0 Å². The van der Waals surface area contributed by atoms with Crippen LogP contribution in [0.5, 0.6) is 0 Å². The molecule has 1 saturated heterocycles. The van der Waals surface area contributed by atoms with Crippen molar-refractivity contribution in [2.45, 2.75) is 32.7 Å². The van der Waals surface area contributed by atoms with Crippen LogP contribution >= 0.6 is 0 Å². The number of unbranched alkanes of at least 4 members (excludes halogenated alkanes) is 2. The molecule has 1 aromatic heterocycles. The van der Waals surface area contributed by atoms with Gasteiger partial charge in [-0.1, -0.05) is 38.0 Å². The number of benzene rings is 2. The molecule has 0 bridgehead atoms. The monoisotopic (exact) mass is 398 g/mol. The van der Waals surface area contributed by atoms with Gasteiger partial charge in [-0.15, -0.1) is 0 Å². The Bertz CT molecular complexity index is 1120. The zero-order valence-corrected chi connectivity index (χ0v) is 17.0. The van der Waals surface area contributed by atoms with Gasteiger partial charge >= 0.3 is 0 Å². The van der Waals surface area contributed by atoms with Crippen molar-refractivity contribution in [2.75, 3.05) is 24.6 Å². The minimum Gasteiger partial charge on any atom is -0.340 e. The minimum atomic E-state index is -3.00. The van der Waals surface area contributed by atoms with Crippen LogP contribution in [-0.4, -0.2) is 48.4 Å². The van der Waals surface area contributed by atoms with E-state index < -0.39 is 9.84 Å². The van der Waals surface area contributed by atoms with Gasteiger partial charge < -0.3 is 9.47 Å². The van der Waals surface area contributed by atoms with Gasteiger partial charge in [-0.25, -0.2) is 8.42 Å². The summed E-state index contributed by atoms with van der Waals surface area (Å²) in [7, 11) is -3.00. The molecule has 0 N–H and O–H groups in total. The van der Waals surface area contributed by atoms with Crippen LogP contribution in [0, 0.1) is 0 Å². The summed E-state index contributed by atoms with van der Waals surface area (Å²) in [5.74, 6) is 0.0229. The number of sulfone groups is 1. The maximum Gasteiger partial charge on any atom is 0.253 e. The lowest BCUT2D eigenvalue weighted by molar-refractivity contribution is 0.0770. The Morgan fingerprint density at radius 1 is 0.964 bits per heavy atom. The fourth-order valence-electron chi connectivity index (χ4n) is 4.05. The summed E-state index contributed by atoms with van der Waals surface area (Å²) in [5, 5.41) is 2.24. The van der Waals surface area contributed by atoms with E-state index in [2.05, 4.69) is 29.7 Å². The zero-order valence-electron chi connectivity index (χ0n) is 16.2. The molecule has 2 aromatic carbocycles. The standard InChI is InChI=1S/C22H26N2O3S/c1-2-3-6-11-24-20-8-5-4-7-18(20)19-16-17(9-10-21(19)24)22(25)23-12-14-28(26,27)15-13-23/h4-5,7-10,16H,2-3,6,11-15H2,1H3. The van der Waals surface area contributed by atoms with E-state index in [9.17, 15) is 13.2 Å². The second kappa shape index (κ2) is 7.59. The number of aromatic nitrogens is 1. The maximum atomic E-state index is 12.9. The first-order valence-electron chi connectivity index (χ1n) is 10.0. The molecular formula is C22H26N2O3S. The van der Waals surface area contributed by atoms with Gasteiger partial charge in [0.25, 0.3) is 5.91 Å². The van der Waals surface area contributed by atoms with Crippen molar-refractivity contribution in [3.8, 4) is 0 Å². The normalized spacial score (nSPS) is 16.7. The number of fused-ring (bicyclic) bond motifs is 3. The molecule has 0 aliphatic carbocycles. The molecule has 5 nitrogen and oxygen atoms in total. The average molecular weight is 399 g/mol. The van der Waals surface area contributed by atoms with Crippen molar-refractivity contribution >= 4 is 37.6 Å². The third kappa shape index (κ3) is 3.53. The van der Waals surface area contributed by atoms with Gasteiger partial charge in [0.1, 0.15) is 0 Å². The summed E-state index contributed by atoms with van der Waals surface area (Å²) >= 11 is 0. The Hall–Kier alpha value is -2.34. The van der Waals surface area contributed by atoms with Gasteiger partial charge in [-0.3, -0.25) is 4.79 Å². The third-order valence-electron chi connectivity index (χ3n) is 5.64. The van der Waals surface area contributed by atoms with Crippen LogP contribution < -0.4 is 0 Å². The predicted octanol–water partition coefficient (Wildman–Crippen LogP) is 3.86. The van der Waals surface area contributed by atoms with E-state index in [1.165, 1.54) is 18.4 Å². The number of para-hydroxylation sites is 1. The van der Waals surface area contributed by atoms with Gasteiger partial charge in [-0.05, 0) is 30.7 Å². The summed E-state index contributed by atoms with van der Waals surface area (Å²) in [4.78, 5) is 14.6. The van der Waals surface area contributed by atoms with Gasteiger partial charge in [0.2, 0.25) is 0 Å². The molecule has 0 atom stereocenters. The molecule has 1 aliphatic heterocycles. The van der Waals surface area contributed by atoms with Gasteiger partial charge in [0, 0.05) is 47.0 Å². The van der Waals surface area contributed by atoms with Gasteiger partial charge in [0.05, 0.1) is 11.5 Å². The highest BCUT2D eigenvalue weighted by Crippen LogP contribution is 2.30. The quantitative estimate of drug-likeness (QED) is 0.613. The van der Waals surface area contributed by atoms with Gasteiger partial charge in [-0.2, -0.15) is 0 Å². The summed E-state index contributed by atoms with van der Waals surface area (Å²) in [5.41, 5.74) is 2.97. The molecule has 0 saturated carbocycles. The van der Waals surface area contributed by atoms with E-state index in [1.807, 2.05) is 24.3 Å². The summed E-state index contributed by atoms with van der Waals surface area (Å²) in [6.07, 6.45) is 3.51. The Labute approximate surface area is 165 Å². The van der Waals surface area contributed by atoms with E-state index in [1.54, 1.807) is 4.90 Å². The van der Waals surface area contributed by atoms with Crippen LogP contribution in [0.25, 0.3) is 21.8 Å². The molecule has 2 heterocycles. The van der Waals surface area contributed by atoms with E-state index in [0.29, 0.717) is 5.56 Å². The zero-order chi connectivity index (χ0) is 19.7. The molecule has 28 heavy (non-hydrogen) atoms. The maximum absolute atomic E-state index is 12.9. The van der Waals surface area contributed by atoms with Crippen molar-refractivity contribution in [3.63, 3.8) is 0 Å². The highest BCUT2D eigenvalue weighted by molar-refractivity contribution is 7.91. The number of rotatable bonds is 5. The first kappa shape index (κ1) is 19.0. The molecule has 0 spiro atoms. The molecule has 3 aromatic rings. The molecular weight excluding hydrogens is 372 g/mol. The number of carbonyl (C=O) groups is 1. The number of hydrogen-bond donors (Lipinski definition) is 0. The number of amides is 1. The molecule has 0 unspecified atom stereocenters. The molecule has 1 aliphatic rings. The van der Waals surface area contributed by atoms with Crippen LogP contribution in [0.15, 0.2) is 42.5 Å². The minimum absolute atomic E-state index is 0.0533.